The number of allylic oxidation sites excluding steroid dienone is 2. The van der Waals surface area contributed by atoms with Gasteiger partial charge in [-0.05, 0) is 19.1 Å². The smallest absolute Gasteiger partial charge is 0.217 e. The van der Waals surface area contributed by atoms with E-state index in [1.165, 1.54) is 25.2 Å². The van der Waals surface area contributed by atoms with Gasteiger partial charge in [0.25, 0.3) is 0 Å². The highest BCUT2D eigenvalue weighted by Crippen LogP contribution is 2.27. The summed E-state index contributed by atoms with van der Waals surface area (Å²) in [7, 11) is -3.42. The van der Waals surface area contributed by atoms with E-state index in [0.717, 1.165) is 0 Å². The van der Waals surface area contributed by atoms with Gasteiger partial charge in [0.1, 0.15) is 11.1 Å². The molecule has 1 aliphatic heterocycles. The highest BCUT2D eigenvalue weighted by atomic mass is 32.2. The van der Waals surface area contributed by atoms with E-state index in [0.29, 0.717) is 0 Å². The number of hydrogen-bond donors (Lipinski definition) is 0. The van der Waals surface area contributed by atoms with Gasteiger partial charge in [-0.1, -0.05) is 6.08 Å². The zero-order chi connectivity index (χ0) is 9.64. The maximum Gasteiger partial charge on any atom is 0.217 e. The Balaban J connectivity index is 2.65. The minimum atomic E-state index is -3.42. The molecule has 2 aliphatic rings. The van der Waals surface area contributed by atoms with Crippen LogP contribution in [0.25, 0.3) is 0 Å². The first kappa shape index (κ1) is 8.37. The van der Waals surface area contributed by atoms with Gasteiger partial charge in [-0.2, -0.15) is 0 Å². The fraction of sp³-hybridized carbons (Fsp3) is 0.250. The van der Waals surface area contributed by atoms with Crippen molar-refractivity contribution in [1.82, 2.24) is 0 Å². The Hall–Kier alpha value is -1.23. The van der Waals surface area contributed by atoms with Crippen LogP contribution in [0.1, 0.15) is 6.92 Å². The Kier molecular flexibility index (Phi) is 1.53. The Morgan fingerprint density at radius 2 is 2.15 bits per heavy atom. The van der Waals surface area contributed by atoms with E-state index in [4.69, 9.17) is 0 Å². The molecule has 1 unspecified atom stereocenters. The minimum Gasteiger partial charge on any atom is -0.292 e. The Morgan fingerprint density at radius 1 is 1.46 bits per heavy atom. The molecule has 0 spiro atoms. The molecule has 0 aromatic rings. The molecule has 1 aliphatic carbocycles. The maximum atomic E-state index is 11.5. The van der Waals surface area contributed by atoms with Crippen molar-refractivity contribution in [2.45, 2.75) is 13.0 Å². The maximum absolute atomic E-state index is 11.5. The number of nitrogens with zero attached hydrogens (tertiary/aromatic N) is 1. The number of carbonyl (C=O) groups is 1. The van der Waals surface area contributed by atoms with E-state index in [1.807, 2.05) is 0 Å². The summed E-state index contributed by atoms with van der Waals surface area (Å²) < 4.78 is 23.0. The van der Waals surface area contributed by atoms with Gasteiger partial charge in [0.15, 0.2) is 5.78 Å². The van der Waals surface area contributed by atoms with Gasteiger partial charge in [-0.3, -0.25) is 9.79 Å². The van der Waals surface area contributed by atoms with Crippen molar-refractivity contribution in [3.63, 3.8) is 0 Å². The normalized spacial score (nSPS) is 29.6. The second-order valence-electron chi connectivity index (χ2n) is 2.88. The monoisotopic (exact) mass is 197 g/mol. The number of hydrogen-bond acceptors (Lipinski definition) is 4. The topological polar surface area (TPSA) is 63.6 Å². The standard InChI is InChI=1S/C8H7NO3S/c1-5-9-8-6(10)3-2-4-7(8)13(5,11)12/h2-4,8H,1H3. The first-order valence-electron chi connectivity index (χ1n) is 3.75. The lowest BCUT2D eigenvalue weighted by molar-refractivity contribution is -0.114. The number of ketones is 1. The van der Waals surface area contributed by atoms with Crippen molar-refractivity contribution in [2.24, 2.45) is 4.99 Å². The molecule has 1 atom stereocenters. The van der Waals surface area contributed by atoms with Crippen molar-refractivity contribution < 1.29 is 13.2 Å². The lowest BCUT2D eigenvalue weighted by atomic mass is 10.1. The molecule has 68 valence electrons. The third kappa shape index (κ3) is 1.00. The highest BCUT2D eigenvalue weighted by molar-refractivity contribution is 8.10. The molecule has 13 heavy (non-hydrogen) atoms. The average Bonchev–Trinajstić information content (AvgIpc) is 2.28. The number of aliphatic imine (C=N–C) groups is 1. The fourth-order valence-electron chi connectivity index (χ4n) is 1.35. The van der Waals surface area contributed by atoms with Crippen LogP contribution in [0.2, 0.25) is 0 Å². The van der Waals surface area contributed by atoms with E-state index in [2.05, 4.69) is 4.99 Å². The van der Waals surface area contributed by atoms with E-state index in [9.17, 15) is 13.2 Å². The van der Waals surface area contributed by atoms with Crippen LogP contribution in [0.15, 0.2) is 28.1 Å². The predicted octanol–water partition coefficient (Wildman–Crippen LogP) is 0.225. The zero-order valence-corrected chi connectivity index (χ0v) is 7.71. The SMILES string of the molecule is CC1=NC2C(=O)C=CC=C2S1(=O)=O. The van der Waals surface area contributed by atoms with Crippen LogP contribution < -0.4 is 0 Å². The summed E-state index contributed by atoms with van der Waals surface area (Å²) in [5.74, 6) is -0.266. The number of fused-ring (bicyclic) bond motifs is 1. The molecule has 0 fully saturated rings. The Morgan fingerprint density at radius 3 is 2.77 bits per heavy atom. The van der Waals surface area contributed by atoms with Crippen molar-refractivity contribution in [3.8, 4) is 0 Å². The quantitative estimate of drug-likeness (QED) is 0.558. The van der Waals surface area contributed by atoms with E-state index in [1.54, 1.807) is 0 Å². The summed E-state index contributed by atoms with van der Waals surface area (Å²) in [6, 6.07) is -0.810. The van der Waals surface area contributed by atoms with Gasteiger partial charge >= 0.3 is 0 Å². The summed E-state index contributed by atoms with van der Waals surface area (Å²) in [6.45, 7) is 1.40. The first-order valence-corrected chi connectivity index (χ1v) is 5.23. The van der Waals surface area contributed by atoms with Crippen molar-refractivity contribution in [2.75, 3.05) is 0 Å². The van der Waals surface area contributed by atoms with Crippen LogP contribution in [-0.4, -0.2) is 25.3 Å². The van der Waals surface area contributed by atoms with Gasteiger partial charge in [-0.15, -0.1) is 0 Å². The third-order valence-electron chi connectivity index (χ3n) is 2.07. The summed E-state index contributed by atoms with van der Waals surface area (Å²) in [4.78, 5) is 15.1. The molecule has 5 heteroatoms. The van der Waals surface area contributed by atoms with Gasteiger partial charge in [0.2, 0.25) is 9.84 Å². The summed E-state index contributed by atoms with van der Waals surface area (Å²) >= 11 is 0. The zero-order valence-electron chi connectivity index (χ0n) is 6.89. The van der Waals surface area contributed by atoms with E-state index in [-0.39, 0.29) is 15.7 Å². The second-order valence-corrected chi connectivity index (χ2v) is 4.95. The average molecular weight is 197 g/mol. The molecular formula is C8H7NO3S. The minimum absolute atomic E-state index is 0.0285. The van der Waals surface area contributed by atoms with E-state index >= 15 is 0 Å². The number of sulfone groups is 1. The molecule has 0 saturated heterocycles. The van der Waals surface area contributed by atoms with Crippen molar-refractivity contribution in [3.05, 3.63) is 23.1 Å². The van der Waals surface area contributed by atoms with Crippen molar-refractivity contribution >= 4 is 20.7 Å². The van der Waals surface area contributed by atoms with Gasteiger partial charge < -0.3 is 0 Å². The molecule has 0 aromatic carbocycles. The van der Waals surface area contributed by atoms with Crippen LogP contribution in [0.3, 0.4) is 0 Å². The molecule has 0 N–H and O–H groups in total. The van der Waals surface area contributed by atoms with Crippen LogP contribution in [0.5, 0.6) is 0 Å². The first-order chi connectivity index (χ1) is 6.03. The van der Waals surface area contributed by atoms with Gasteiger partial charge in [0.05, 0.1) is 4.91 Å². The Labute approximate surface area is 75.6 Å². The molecular weight excluding hydrogens is 190 g/mol. The molecule has 0 radical (unpaired) electrons. The fourth-order valence-corrected chi connectivity index (χ4v) is 2.65. The lowest BCUT2D eigenvalue weighted by Crippen LogP contribution is -2.21. The van der Waals surface area contributed by atoms with Gasteiger partial charge in [-0.25, -0.2) is 8.42 Å². The molecule has 4 nitrogen and oxygen atoms in total. The third-order valence-corrected chi connectivity index (χ3v) is 3.93. The molecule has 2 rings (SSSR count). The predicted molar refractivity (Wildman–Crippen MR) is 48.0 cm³/mol. The van der Waals surface area contributed by atoms with Crippen LogP contribution in [-0.2, 0) is 14.6 Å². The molecule has 0 bridgehead atoms. The second kappa shape index (κ2) is 2.38. The molecule has 0 saturated carbocycles. The highest BCUT2D eigenvalue weighted by Gasteiger charge is 2.39. The molecule has 0 aromatic heterocycles. The van der Waals surface area contributed by atoms with Gasteiger partial charge in [0, 0.05) is 0 Å². The molecule has 0 amide bonds. The van der Waals surface area contributed by atoms with Crippen molar-refractivity contribution in [1.29, 1.82) is 0 Å². The summed E-state index contributed by atoms with van der Waals surface area (Å²) in [6.07, 6.45) is 4.22. The van der Waals surface area contributed by atoms with Crippen LogP contribution >= 0.6 is 0 Å². The number of rotatable bonds is 0. The van der Waals surface area contributed by atoms with E-state index < -0.39 is 15.9 Å². The Bertz CT molecular complexity index is 468. The number of carbonyl (C=O) groups excluding carboxylic acids is 1. The summed E-state index contributed by atoms with van der Waals surface area (Å²) in [5.41, 5.74) is 0. The molecule has 1 heterocycles. The lowest BCUT2D eigenvalue weighted by Gasteiger charge is -2.07. The van der Waals surface area contributed by atoms with Crippen LogP contribution in [0, 0.1) is 0 Å². The van der Waals surface area contributed by atoms with Crippen LogP contribution in [0.4, 0.5) is 0 Å². The largest absolute Gasteiger partial charge is 0.292 e. The summed E-state index contributed by atoms with van der Waals surface area (Å²) in [5, 5.41) is 0.0285.